The Kier molecular flexibility index (Phi) is 3.55. The van der Waals surface area contributed by atoms with Gasteiger partial charge in [0.1, 0.15) is 5.82 Å². The quantitative estimate of drug-likeness (QED) is 0.777. The summed E-state index contributed by atoms with van der Waals surface area (Å²) in [5, 5.41) is 0. The summed E-state index contributed by atoms with van der Waals surface area (Å²) in [6, 6.07) is 2.96. The number of sulfone groups is 1. The standard InChI is InChI=1S/C11H15FN2O4S2/c1-11(2-3-19(15,16)7-11)14-20(17,18)10-5-8(12)4-9(13)6-10/h4-6,14H,2-3,7,13H2,1H3. The highest BCUT2D eigenvalue weighted by atomic mass is 32.2. The average Bonchev–Trinajstić information content (AvgIpc) is 2.50. The minimum Gasteiger partial charge on any atom is -0.399 e. The first kappa shape index (κ1) is 15.2. The molecular formula is C11H15FN2O4S2. The van der Waals surface area contributed by atoms with Gasteiger partial charge in [-0.1, -0.05) is 0 Å². The maximum absolute atomic E-state index is 13.2. The lowest BCUT2D eigenvalue weighted by Crippen LogP contribution is -2.46. The number of sulfonamides is 1. The first-order chi connectivity index (χ1) is 9.01. The normalized spacial score (nSPS) is 25.7. The maximum Gasteiger partial charge on any atom is 0.241 e. The Balaban J connectivity index is 2.32. The molecule has 1 aromatic carbocycles. The van der Waals surface area contributed by atoms with Gasteiger partial charge in [-0.05, 0) is 31.5 Å². The van der Waals surface area contributed by atoms with E-state index >= 15 is 0 Å². The summed E-state index contributed by atoms with van der Waals surface area (Å²) in [4.78, 5) is -0.319. The van der Waals surface area contributed by atoms with Gasteiger partial charge in [0.05, 0.1) is 16.4 Å². The molecule has 112 valence electrons. The molecule has 3 N–H and O–H groups in total. The van der Waals surface area contributed by atoms with Gasteiger partial charge in [-0.25, -0.2) is 25.9 Å². The van der Waals surface area contributed by atoms with E-state index in [-0.39, 0.29) is 28.5 Å². The first-order valence-electron chi connectivity index (χ1n) is 5.82. The molecule has 0 saturated carbocycles. The molecule has 0 aromatic heterocycles. The SMILES string of the molecule is CC1(NS(=O)(=O)c2cc(N)cc(F)c2)CCS(=O)(=O)C1. The third-order valence-electron chi connectivity index (χ3n) is 3.09. The fourth-order valence-corrected chi connectivity index (χ4v) is 5.90. The van der Waals surface area contributed by atoms with Gasteiger partial charge >= 0.3 is 0 Å². The minimum absolute atomic E-state index is 0.0189. The second-order valence-electron chi connectivity index (χ2n) is 5.23. The molecule has 1 saturated heterocycles. The smallest absolute Gasteiger partial charge is 0.241 e. The van der Waals surface area contributed by atoms with E-state index < -0.39 is 31.2 Å². The fourth-order valence-electron chi connectivity index (χ4n) is 2.21. The van der Waals surface area contributed by atoms with Crippen LogP contribution in [0.25, 0.3) is 0 Å². The van der Waals surface area contributed by atoms with Crippen molar-refractivity contribution in [2.24, 2.45) is 0 Å². The second kappa shape index (κ2) is 4.68. The third-order valence-corrected chi connectivity index (χ3v) is 6.61. The molecule has 6 nitrogen and oxygen atoms in total. The van der Waals surface area contributed by atoms with E-state index in [0.29, 0.717) is 0 Å². The molecule has 1 aliphatic heterocycles. The molecule has 9 heteroatoms. The highest BCUT2D eigenvalue weighted by molar-refractivity contribution is 7.92. The van der Waals surface area contributed by atoms with Crippen molar-refractivity contribution in [3.8, 4) is 0 Å². The number of benzene rings is 1. The van der Waals surface area contributed by atoms with Crippen LogP contribution in [0.4, 0.5) is 10.1 Å². The summed E-state index contributed by atoms with van der Waals surface area (Å²) in [6.07, 6.45) is 0.180. The van der Waals surface area contributed by atoms with Gasteiger partial charge in [0.25, 0.3) is 0 Å². The van der Waals surface area contributed by atoms with Gasteiger partial charge in [0.15, 0.2) is 9.84 Å². The molecule has 0 amide bonds. The zero-order valence-electron chi connectivity index (χ0n) is 10.8. The highest BCUT2D eigenvalue weighted by Gasteiger charge is 2.41. The van der Waals surface area contributed by atoms with Crippen LogP contribution in [-0.2, 0) is 19.9 Å². The number of hydrogen-bond acceptors (Lipinski definition) is 5. The van der Waals surface area contributed by atoms with Crippen LogP contribution in [0.5, 0.6) is 0 Å². The van der Waals surface area contributed by atoms with Gasteiger partial charge in [0, 0.05) is 11.2 Å². The molecule has 1 aliphatic rings. The predicted octanol–water partition coefficient (Wildman–Crippen LogP) is 0.263. The molecule has 20 heavy (non-hydrogen) atoms. The van der Waals surface area contributed by atoms with Crippen molar-refractivity contribution in [2.75, 3.05) is 17.2 Å². The summed E-state index contributed by atoms with van der Waals surface area (Å²) in [5.74, 6) is -1.11. The van der Waals surface area contributed by atoms with Crippen molar-refractivity contribution in [2.45, 2.75) is 23.8 Å². The Morgan fingerprint density at radius 3 is 2.50 bits per heavy atom. The van der Waals surface area contributed by atoms with Gasteiger partial charge in [0.2, 0.25) is 10.0 Å². The van der Waals surface area contributed by atoms with Gasteiger partial charge < -0.3 is 5.73 Å². The van der Waals surface area contributed by atoms with Crippen LogP contribution in [0.2, 0.25) is 0 Å². The van der Waals surface area contributed by atoms with E-state index in [1.807, 2.05) is 0 Å². The molecule has 1 aromatic rings. The van der Waals surface area contributed by atoms with Crippen molar-refractivity contribution >= 4 is 25.5 Å². The number of rotatable bonds is 3. The monoisotopic (exact) mass is 322 g/mol. The molecule has 1 heterocycles. The van der Waals surface area contributed by atoms with Crippen molar-refractivity contribution in [1.82, 2.24) is 4.72 Å². The molecule has 1 unspecified atom stereocenters. The van der Waals surface area contributed by atoms with E-state index in [0.717, 1.165) is 18.2 Å². The van der Waals surface area contributed by atoms with Crippen LogP contribution >= 0.6 is 0 Å². The highest BCUT2D eigenvalue weighted by Crippen LogP contribution is 2.26. The number of nitrogens with two attached hydrogens (primary N) is 1. The zero-order valence-corrected chi connectivity index (χ0v) is 12.4. The number of anilines is 1. The topological polar surface area (TPSA) is 106 Å². The lowest BCUT2D eigenvalue weighted by Gasteiger charge is -2.23. The zero-order chi connectivity index (χ0) is 15.2. The summed E-state index contributed by atoms with van der Waals surface area (Å²) in [6.45, 7) is 1.51. The van der Waals surface area contributed by atoms with Crippen molar-refractivity contribution in [1.29, 1.82) is 0 Å². The number of nitrogen functional groups attached to an aromatic ring is 1. The summed E-state index contributed by atoms with van der Waals surface area (Å²) < 4.78 is 62.8. The Bertz CT molecular complexity index is 725. The van der Waals surface area contributed by atoms with Crippen molar-refractivity contribution < 1.29 is 21.2 Å². The van der Waals surface area contributed by atoms with Crippen molar-refractivity contribution in [3.05, 3.63) is 24.0 Å². The molecule has 0 bridgehead atoms. The third kappa shape index (κ3) is 3.28. The number of nitrogens with one attached hydrogen (secondary N) is 1. The summed E-state index contributed by atoms with van der Waals surface area (Å²) in [5.41, 5.74) is 4.31. The Morgan fingerprint density at radius 2 is 2.00 bits per heavy atom. The lowest BCUT2D eigenvalue weighted by atomic mass is 10.0. The molecule has 0 spiro atoms. The molecule has 2 rings (SSSR count). The Hall–Kier alpha value is -1.19. The van der Waals surface area contributed by atoms with E-state index in [1.54, 1.807) is 0 Å². The Morgan fingerprint density at radius 1 is 1.35 bits per heavy atom. The maximum atomic E-state index is 13.2. The Labute approximate surface area is 117 Å². The number of hydrogen-bond donors (Lipinski definition) is 2. The fraction of sp³-hybridized carbons (Fsp3) is 0.455. The predicted molar refractivity (Wildman–Crippen MR) is 72.8 cm³/mol. The van der Waals surface area contributed by atoms with Crippen molar-refractivity contribution in [3.63, 3.8) is 0 Å². The molecule has 0 aliphatic carbocycles. The van der Waals surface area contributed by atoms with Gasteiger partial charge in [-0.15, -0.1) is 0 Å². The van der Waals surface area contributed by atoms with Crippen LogP contribution in [0.15, 0.2) is 23.1 Å². The number of halogens is 1. The first-order valence-corrected chi connectivity index (χ1v) is 9.12. The molecular weight excluding hydrogens is 307 g/mol. The largest absolute Gasteiger partial charge is 0.399 e. The van der Waals surface area contributed by atoms with Crippen LogP contribution < -0.4 is 10.5 Å². The van der Waals surface area contributed by atoms with E-state index in [9.17, 15) is 21.2 Å². The van der Waals surface area contributed by atoms with Crippen LogP contribution in [-0.4, -0.2) is 33.9 Å². The minimum atomic E-state index is -4.03. The molecule has 1 atom stereocenters. The van der Waals surface area contributed by atoms with Gasteiger partial charge in [-0.2, -0.15) is 0 Å². The van der Waals surface area contributed by atoms with Crippen LogP contribution in [0, 0.1) is 5.82 Å². The van der Waals surface area contributed by atoms with Crippen LogP contribution in [0.1, 0.15) is 13.3 Å². The molecule has 1 fully saturated rings. The lowest BCUT2D eigenvalue weighted by molar-refractivity contribution is 0.461. The van der Waals surface area contributed by atoms with E-state index in [1.165, 1.54) is 6.92 Å². The van der Waals surface area contributed by atoms with Crippen LogP contribution in [0.3, 0.4) is 0 Å². The second-order valence-corrected chi connectivity index (χ2v) is 9.09. The van der Waals surface area contributed by atoms with E-state index in [4.69, 9.17) is 5.73 Å². The summed E-state index contributed by atoms with van der Waals surface area (Å²) in [7, 11) is -7.28. The van der Waals surface area contributed by atoms with E-state index in [2.05, 4.69) is 4.72 Å². The average molecular weight is 322 g/mol. The molecule has 0 radical (unpaired) electrons. The van der Waals surface area contributed by atoms with Gasteiger partial charge in [-0.3, -0.25) is 0 Å². The summed E-state index contributed by atoms with van der Waals surface area (Å²) >= 11 is 0.